The van der Waals surface area contributed by atoms with Crippen molar-refractivity contribution >= 4 is 10.9 Å². The Morgan fingerprint density at radius 2 is 1.90 bits per heavy atom. The number of piperidine rings is 1. The summed E-state index contributed by atoms with van der Waals surface area (Å²) in [6.45, 7) is 10.1. The Bertz CT molecular complexity index is 1050. The Labute approximate surface area is 179 Å². The van der Waals surface area contributed by atoms with Gasteiger partial charge in [-0.25, -0.2) is 0 Å². The number of pyridine rings is 1. The first kappa shape index (κ1) is 19.5. The molecule has 0 amide bonds. The van der Waals surface area contributed by atoms with E-state index in [4.69, 9.17) is 4.98 Å². The standard InChI is InChI=1S/C26H31N3O/c1-19-16-29-13-12-28(17-22-11-10-20-6-3-4-9-25(20)27-22)18-23(29)15-26(19,2)21-7-5-8-24(30)14-21/h3-11,14,19,23,30H,12-13,15-18H2,1-2H3/t19-,23+,26+/m0/s1. The molecule has 2 fully saturated rings. The smallest absolute Gasteiger partial charge is 0.115 e. The lowest BCUT2D eigenvalue weighted by atomic mass is 9.65. The van der Waals surface area contributed by atoms with Gasteiger partial charge in [-0.2, -0.15) is 0 Å². The van der Waals surface area contributed by atoms with Gasteiger partial charge in [-0.15, -0.1) is 0 Å². The van der Waals surface area contributed by atoms with Gasteiger partial charge in [-0.1, -0.05) is 50.2 Å². The van der Waals surface area contributed by atoms with Gasteiger partial charge >= 0.3 is 0 Å². The minimum atomic E-state index is 0.0874. The van der Waals surface area contributed by atoms with Gasteiger partial charge in [0.1, 0.15) is 5.75 Å². The second-order valence-corrected chi connectivity index (χ2v) is 9.45. The lowest BCUT2D eigenvalue weighted by molar-refractivity contribution is -0.00587. The Kier molecular flexibility index (Phi) is 5.00. The summed E-state index contributed by atoms with van der Waals surface area (Å²) < 4.78 is 0. The molecular weight excluding hydrogens is 370 g/mol. The van der Waals surface area contributed by atoms with E-state index < -0.39 is 0 Å². The highest BCUT2D eigenvalue weighted by Crippen LogP contribution is 2.43. The van der Waals surface area contributed by atoms with Crippen molar-refractivity contribution in [2.24, 2.45) is 5.92 Å². The molecule has 4 nitrogen and oxygen atoms in total. The third-order valence-corrected chi connectivity index (χ3v) is 7.49. The van der Waals surface area contributed by atoms with Gasteiger partial charge in [0.05, 0.1) is 11.2 Å². The van der Waals surface area contributed by atoms with E-state index in [0.717, 1.165) is 50.4 Å². The van der Waals surface area contributed by atoms with Crippen LogP contribution in [0.3, 0.4) is 0 Å². The van der Waals surface area contributed by atoms with Crippen molar-refractivity contribution in [1.82, 2.24) is 14.8 Å². The van der Waals surface area contributed by atoms with Crippen LogP contribution >= 0.6 is 0 Å². The van der Waals surface area contributed by atoms with Crippen molar-refractivity contribution in [3.8, 4) is 5.75 Å². The normalized spacial score (nSPS) is 27.8. The van der Waals surface area contributed by atoms with Gasteiger partial charge in [0.15, 0.2) is 0 Å². The number of fused-ring (bicyclic) bond motifs is 2. The molecule has 30 heavy (non-hydrogen) atoms. The van der Waals surface area contributed by atoms with E-state index in [9.17, 15) is 5.11 Å². The lowest BCUT2D eigenvalue weighted by Crippen LogP contribution is -2.60. The average molecular weight is 402 g/mol. The number of phenols is 1. The Morgan fingerprint density at radius 1 is 1.03 bits per heavy atom. The molecule has 2 saturated heterocycles. The van der Waals surface area contributed by atoms with Crippen LogP contribution in [0.25, 0.3) is 10.9 Å². The molecule has 0 bridgehead atoms. The maximum Gasteiger partial charge on any atom is 0.115 e. The SMILES string of the molecule is C[C@H]1CN2CCN(Cc3ccc4ccccc4n3)C[C@H]2C[C@@]1(C)c1cccc(O)c1. The fourth-order valence-electron chi connectivity index (χ4n) is 5.47. The zero-order valence-electron chi connectivity index (χ0n) is 18.0. The molecule has 5 rings (SSSR count). The van der Waals surface area contributed by atoms with Crippen molar-refractivity contribution in [3.05, 3.63) is 71.9 Å². The highest BCUT2D eigenvalue weighted by atomic mass is 16.3. The van der Waals surface area contributed by atoms with Crippen LogP contribution < -0.4 is 0 Å². The van der Waals surface area contributed by atoms with Gasteiger partial charge in [0.2, 0.25) is 0 Å². The minimum Gasteiger partial charge on any atom is -0.508 e. The van der Waals surface area contributed by atoms with E-state index in [1.807, 2.05) is 12.1 Å². The molecule has 2 aromatic carbocycles. The van der Waals surface area contributed by atoms with Gasteiger partial charge in [-0.05, 0) is 47.6 Å². The summed E-state index contributed by atoms with van der Waals surface area (Å²) in [5, 5.41) is 11.2. The van der Waals surface area contributed by atoms with E-state index in [0.29, 0.717) is 17.7 Å². The molecule has 0 spiro atoms. The fourth-order valence-corrected chi connectivity index (χ4v) is 5.47. The first-order valence-corrected chi connectivity index (χ1v) is 11.1. The fraction of sp³-hybridized carbons (Fsp3) is 0.423. The van der Waals surface area contributed by atoms with Crippen LogP contribution in [0.2, 0.25) is 0 Å². The van der Waals surface area contributed by atoms with Gasteiger partial charge in [0, 0.05) is 44.2 Å². The molecule has 3 aromatic rings. The van der Waals surface area contributed by atoms with Gasteiger partial charge < -0.3 is 5.11 Å². The molecule has 3 atom stereocenters. The highest BCUT2D eigenvalue weighted by molar-refractivity contribution is 5.78. The first-order chi connectivity index (χ1) is 14.5. The van der Waals surface area contributed by atoms with Crippen molar-refractivity contribution in [3.63, 3.8) is 0 Å². The monoisotopic (exact) mass is 401 g/mol. The number of phenolic OH excluding ortho intramolecular Hbond substituents is 1. The van der Waals surface area contributed by atoms with Crippen molar-refractivity contribution in [2.75, 3.05) is 26.2 Å². The topological polar surface area (TPSA) is 39.6 Å². The van der Waals surface area contributed by atoms with Crippen molar-refractivity contribution in [1.29, 1.82) is 0 Å². The molecule has 4 heteroatoms. The van der Waals surface area contributed by atoms with Crippen LogP contribution in [0.4, 0.5) is 0 Å². The summed E-state index contributed by atoms with van der Waals surface area (Å²) in [5.41, 5.74) is 3.59. The second-order valence-electron chi connectivity index (χ2n) is 9.45. The van der Waals surface area contributed by atoms with Gasteiger partial charge in [-0.3, -0.25) is 14.8 Å². The summed E-state index contributed by atoms with van der Waals surface area (Å²) >= 11 is 0. The molecule has 0 aliphatic carbocycles. The highest BCUT2D eigenvalue weighted by Gasteiger charge is 2.44. The molecule has 2 aliphatic heterocycles. The molecule has 0 radical (unpaired) electrons. The van der Waals surface area contributed by atoms with Crippen LogP contribution in [0.15, 0.2) is 60.7 Å². The van der Waals surface area contributed by atoms with Crippen molar-refractivity contribution in [2.45, 2.75) is 38.3 Å². The van der Waals surface area contributed by atoms with Crippen LogP contribution in [-0.2, 0) is 12.0 Å². The Morgan fingerprint density at radius 3 is 2.77 bits per heavy atom. The number of hydrogen-bond donors (Lipinski definition) is 1. The minimum absolute atomic E-state index is 0.0874. The summed E-state index contributed by atoms with van der Waals surface area (Å²) in [5.74, 6) is 0.931. The van der Waals surface area contributed by atoms with Crippen LogP contribution in [0.1, 0.15) is 31.5 Å². The molecule has 2 aliphatic rings. The summed E-state index contributed by atoms with van der Waals surface area (Å²) in [4.78, 5) is 10.1. The quantitative estimate of drug-likeness (QED) is 0.705. The van der Waals surface area contributed by atoms with E-state index in [1.165, 1.54) is 10.9 Å². The first-order valence-electron chi connectivity index (χ1n) is 11.1. The van der Waals surface area contributed by atoms with Crippen LogP contribution in [0.5, 0.6) is 5.75 Å². The summed E-state index contributed by atoms with van der Waals surface area (Å²) in [6, 6.07) is 21.2. The molecule has 0 unspecified atom stereocenters. The average Bonchev–Trinajstić information content (AvgIpc) is 2.75. The third-order valence-electron chi connectivity index (χ3n) is 7.49. The molecule has 1 aromatic heterocycles. The lowest BCUT2D eigenvalue weighted by Gasteiger charge is -2.53. The van der Waals surface area contributed by atoms with E-state index in [-0.39, 0.29) is 5.41 Å². The molecule has 156 valence electrons. The maximum atomic E-state index is 10.0. The molecule has 3 heterocycles. The number of benzene rings is 2. The number of piperazine rings is 1. The largest absolute Gasteiger partial charge is 0.508 e. The summed E-state index contributed by atoms with van der Waals surface area (Å²) in [6.07, 6.45) is 1.12. The number of aromatic hydroxyl groups is 1. The van der Waals surface area contributed by atoms with E-state index in [2.05, 4.69) is 66.1 Å². The molecule has 0 saturated carbocycles. The van der Waals surface area contributed by atoms with Crippen LogP contribution in [0, 0.1) is 5.92 Å². The number of para-hydroxylation sites is 1. The Hall–Kier alpha value is -2.43. The van der Waals surface area contributed by atoms with Crippen molar-refractivity contribution < 1.29 is 5.11 Å². The van der Waals surface area contributed by atoms with Gasteiger partial charge in [0.25, 0.3) is 0 Å². The maximum absolute atomic E-state index is 10.0. The zero-order chi connectivity index (χ0) is 20.7. The predicted molar refractivity (Wildman–Crippen MR) is 122 cm³/mol. The molecular formula is C26H31N3O. The zero-order valence-corrected chi connectivity index (χ0v) is 18.0. The predicted octanol–water partition coefficient (Wildman–Crippen LogP) is 4.42. The number of rotatable bonds is 3. The second kappa shape index (κ2) is 7.68. The number of nitrogens with zero attached hydrogens (tertiary/aromatic N) is 3. The molecule has 1 N–H and O–H groups in total. The van der Waals surface area contributed by atoms with Crippen LogP contribution in [-0.4, -0.2) is 52.1 Å². The Balaban J connectivity index is 1.33. The summed E-state index contributed by atoms with van der Waals surface area (Å²) in [7, 11) is 0. The third kappa shape index (κ3) is 3.59. The van der Waals surface area contributed by atoms with E-state index >= 15 is 0 Å². The van der Waals surface area contributed by atoms with E-state index in [1.54, 1.807) is 6.07 Å². The number of hydrogen-bond acceptors (Lipinski definition) is 4. The number of aromatic nitrogens is 1.